The predicted molar refractivity (Wildman–Crippen MR) is 105 cm³/mol. The van der Waals surface area contributed by atoms with Crippen molar-refractivity contribution in [2.75, 3.05) is 4.72 Å². The van der Waals surface area contributed by atoms with Crippen LogP contribution >= 0.6 is 11.3 Å². The second kappa shape index (κ2) is 6.71. The summed E-state index contributed by atoms with van der Waals surface area (Å²) in [5.74, 6) is -0.602. The van der Waals surface area contributed by atoms with Crippen LogP contribution in [0.1, 0.15) is 5.56 Å². The molecule has 0 bridgehead atoms. The Morgan fingerprint density at radius 1 is 1.07 bits per heavy atom. The summed E-state index contributed by atoms with van der Waals surface area (Å²) < 4.78 is 40.8. The third-order valence-electron chi connectivity index (χ3n) is 3.99. The van der Waals surface area contributed by atoms with Crippen LogP contribution in [0.15, 0.2) is 65.7 Å². The fourth-order valence-electron chi connectivity index (χ4n) is 2.64. The number of thiazole rings is 1. The lowest BCUT2D eigenvalue weighted by Gasteiger charge is -2.11. The molecule has 4 rings (SSSR count). The summed E-state index contributed by atoms with van der Waals surface area (Å²) >= 11 is 1.47. The van der Waals surface area contributed by atoms with Gasteiger partial charge in [0.15, 0.2) is 0 Å². The van der Waals surface area contributed by atoms with E-state index in [4.69, 9.17) is 0 Å². The maximum atomic E-state index is 13.3. The van der Waals surface area contributed by atoms with E-state index < -0.39 is 15.8 Å². The SMILES string of the molecule is Cc1cc(-c2nc3cccnc3s2)ccc1NS(=O)(=O)c1cccc(F)c1. The van der Waals surface area contributed by atoms with Gasteiger partial charge in [0.1, 0.15) is 21.2 Å². The third kappa shape index (κ3) is 3.54. The molecule has 0 radical (unpaired) electrons. The summed E-state index contributed by atoms with van der Waals surface area (Å²) in [6, 6.07) is 14.0. The molecule has 27 heavy (non-hydrogen) atoms. The van der Waals surface area contributed by atoms with Gasteiger partial charge in [0, 0.05) is 11.8 Å². The van der Waals surface area contributed by atoms with Crippen LogP contribution in [0.5, 0.6) is 0 Å². The Morgan fingerprint density at radius 3 is 2.67 bits per heavy atom. The van der Waals surface area contributed by atoms with Crippen LogP contribution in [0.3, 0.4) is 0 Å². The number of aryl methyl sites for hydroxylation is 1. The first-order chi connectivity index (χ1) is 12.9. The van der Waals surface area contributed by atoms with Gasteiger partial charge >= 0.3 is 0 Å². The topological polar surface area (TPSA) is 72.0 Å². The van der Waals surface area contributed by atoms with Crippen molar-refractivity contribution < 1.29 is 12.8 Å². The predicted octanol–water partition coefficient (Wildman–Crippen LogP) is 4.61. The molecule has 0 unspecified atom stereocenters. The van der Waals surface area contributed by atoms with Crippen molar-refractivity contribution in [2.24, 2.45) is 0 Å². The second-order valence-electron chi connectivity index (χ2n) is 5.94. The Hall–Kier alpha value is -2.84. The largest absolute Gasteiger partial charge is 0.279 e. The maximum absolute atomic E-state index is 13.3. The zero-order chi connectivity index (χ0) is 19.0. The number of hydrogen-bond donors (Lipinski definition) is 1. The average Bonchev–Trinajstić information content (AvgIpc) is 3.07. The number of benzene rings is 2. The summed E-state index contributed by atoms with van der Waals surface area (Å²) in [4.78, 5) is 9.58. The molecule has 1 N–H and O–H groups in total. The van der Waals surface area contributed by atoms with Crippen LogP contribution in [0, 0.1) is 12.7 Å². The lowest BCUT2D eigenvalue weighted by Crippen LogP contribution is -2.14. The van der Waals surface area contributed by atoms with E-state index in [1.54, 1.807) is 25.3 Å². The number of aromatic nitrogens is 2. The number of halogens is 1. The van der Waals surface area contributed by atoms with Crippen LogP contribution in [-0.4, -0.2) is 18.4 Å². The summed E-state index contributed by atoms with van der Waals surface area (Å²) in [6.07, 6.45) is 1.72. The van der Waals surface area contributed by atoms with Crippen molar-refractivity contribution in [3.63, 3.8) is 0 Å². The molecule has 0 aliphatic rings. The molecule has 0 spiro atoms. The quantitative estimate of drug-likeness (QED) is 0.544. The van der Waals surface area contributed by atoms with Crippen molar-refractivity contribution in [3.05, 3.63) is 72.2 Å². The molecule has 0 aliphatic carbocycles. The van der Waals surface area contributed by atoms with Gasteiger partial charge < -0.3 is 0 Å². The number of anilines is 1. The van der Waals surface area contributed by atoms with Crippen LogP contribution in [-0.2, 0) is 10.0 Å². The van der Waals surface area contributed by atoms with E-state index in [0.717, 1.165) is 32.5 Å². The molecule has 0 saturated carbocycles. The molecule has 2 aromatic heterocycles. The Morgan fingerprint density at radius 2 is 1.93 bits per heavy atom. The second-order valence-corrected chi connectivity index (χ2v) is 8.60. The van der Waals surface area contributed by atoms with E-state index in [1.807, 2.05) is 18.2 Å². The van der Waals surface area contributed by atoms with Crippen LogP contribution in [0.2, 0.25) is 0 Å². The Labute approximate surface area is 159 Å². The Balaban J connectivity index is 1.65. The molecule has 0 saturated heterocycles. The van der Waals surface area contributed by atoms with E-state index in [2.05, 4.69) is 14.7 Å². The Kier molecular flexibility index (Phi) is 4.37. The zero-order valence-corrected chi connectivity index (χ0v) is 15.8. The van der Waals surface area contributed by atoms with Gasteiger partial charge in [0.2, 0.25) is 0 Å². The van der Waals surface area contributed by atoms with Crippen LogP contribution < -0.4 is 4.72 Å². The van der Waals surface area contributed by atoms with Crippen molar-refractivity contribution >= 4 is 37.4 Å². The number of sulfonamides is 1. The number of nitrogens with zero attached hydrogens (tertiary/aromatic N) is 2. The first-order valence-electron chi connectivity index (χ1n) is 8.03. The molecular weight excluding hydrogens is 385 g/mol. The van der Waals surface area contributed by atoms with Gasteiger partial charge in [0.05, 0.1) is 10.6 Å². The normalized spacial score (nSPS) is 11.6. The van der Waals surface area contributed by atoms with Crippen LogP contribution in [0.4, 0.5) is 10.1 Å². The standard InChI is InChI=1S/C19H14FN3O2S2/c1-12-10-13(18-22-17-6-3-9-21-19(17)26-18)7-8-16(12)23-27(24,25)15-5-2-4-14(20)11-15/h2-11,23H,1H3. The fraction of sp³-hybridized carbons (Fsp3) is 0.0526. The van der Waals surface area contributed by atoms with Gasteiger partial charge in [-0.1, -0.05) is 17.4 Å². The number of hydrogen-bond acceptors (Lipinski definition) is 5. The molecule has 0 aliphatic heterocycles. The van der Waals surface area contributed by atoms with Crippen LogP contribution in [0.25, 0.3) is 20.9 Å². The number of nitrogens with one attached hydrogen (secondary N) is 1. The van der Waals surface area contributed by atoms with Crippen molar-refractivity contribution in [3.8, 4) is 10.6 Å². The highest BCUT2D eigenvalue weighted by molar-refractivity contribution is 7.92. The summed E-state index contributed by atoms with van der Waals surface area (Å²) in [6.45, 7) is 1.80. The fourth-order valence-corrected chi connectivity index (χ4v) is 4.71. The van der Waals surface area contributed by atoms with Gasteiger partial charge in [-0.2, -0.15) is 0 Å². The Bertz CT molecular complexity index is 1220. The van der Waals surface area contributed by atoms with Crippen molar-refractivity contribution in [1.82, 2.24) is 9.97 Å². The molecular formula is C19H14FN3O2S2. The van der Waals surface area contributed by atoms with Gasteiger partial charge in [0.25, 0.3) is 10.0 Å². The molecule has 0 atom stereocenters. The molecule has 0 amide bonds. The molecule has 136 valence electrons. The summed E-state index contributed by atoms with van der Waals surface area (Å²) in [5.41, 5.74) is 2.87. The maximum Gasteiger partial charge on any atom is 0.262 e. The molecule has 8 heteroatoms. The smallest absolute Gasteiger partial charge is 0.262 e. The van der Waals surface area contributed by atoms with Crippen molar-refractivity contribution in [1.29, 1.82) is 0 Å². The lowest BCUT2D eigenvalue weighted by molar-refractivity contribution is 0.595. The third-order valence-corrected chi connectivity index (χ3v) is 6.38. The lowest BCUT2D eigenvalue weighted by atomic mass is 10.1. The highest BCUT2D eigenvalue weighted by Gasteiger charge is 2.16. The van der Waals surface area contributed by atoms with E-state index in [9.17, 15) is 12.8 Å². The first kappa shape index (κ1) is 17.6. The van der Waals surface area contributed by atoms with Crippen molar-refractivity contribution in [2.45, 2.75) is 11.8 Å². The van der Waals surface area contributed by atoms with Gasteiger partial charge in [-0.3, -0.25) is 4.72 Å². The van der Waals surface area contributed by atoms with Gasteiger partial charge in [-0.25, -0.2) is 22.8 Å². The number of rotatable bonds is 4. The first-order valence-corrected chi connectivity index (χ1v) is 10.3. The average molecular weight is 399 g/mol. The number of fused-ring (bicyclic) bond motifs is 1. The summed E-state index contributed by atoms with van der Waals surface area (Å²) in [5, 5.41) is 0.811. The van der Waals surface area contributed by atoms with Gasteiger partial charge in [-0.15, -0.1) is 0 Å². The number of pyridine rings is 1. The van der Waals surface area contributed by atoms with E-state index >= 15 is 0 Å². The monoisotopic (exact) mass is 399 g/mol. The van der Waals surface area contributed by atoms with E-state index in [-0.39, 0.29) is 4.90 Å². The minimum atomic E-state index is -3.87. The molecule has 4 aromatic rings. The minimum absolute atomic E-state index is 0.122. The molecule has 5 nitrogen and oxygen atoms in total. The molecule has 2 aromatic carbocycles. The zero-order valence-electron chi connectivity index (χ0n) is 14.2. The van der Waals surface area contributed by atoms with E-state index in [1.165, 1.54) is 29.5 Å². The highest BCUT2D eigenvalue weighted by Crippen LogP contribution is 2.31. The van der Waals surface area contributed by atoms with Gasteiger partial charge in [-0.05, 0) is 61.0 Å². The molecule has 2 heterocycles. The molecule has 0 fully saturated rings. The minimum Gasteiger partial charge on any atom is -0.279 e. The summed E-state index contributed by atoms with van der Waals surface area (Å²) in [7, 11) is -3.87. The van der Waals surface area contributed by atoms with E-state index in [0.29, 0.717) is 5.69 Å². The highest BCUT2D eigenvalue weighted by atomic mass is 32.2.